The van der Waals surface area contributed by atoms with Gasteiger partial charge in [0.2, 0.25) is 0 Å². The Kier molecular flexibility index (Phi) is 2.55. The van der Waals surface area contributed by atoms with Gasteiger partial charge in [0.25, 0.3) is 5.56 Å². The predicted octanol–water partition coefficient (Wildman–Crippen LogP) is 2.55. The lowest BCUT2D eigenvalue weighted by atomic mass is 10.1. The Balaban J connectivity index is 2.23. The fraction of sp³-hybridized carbons (Fsp3) is 0.400. The molecular weight excluding hydrogens is 238 g/mol. The molecule has 1 aromatic carbocycles. The number of aromatic nitrogens is 2. The fourth-order valence-corrected chi connectivity index (χ4v) is 2.83. The standard InChI is InChI=1S/C15H19N3O/c1-8-6-9(2)14(10(3)7-8)18-15(19)12(16)13(17-18)11-4-5-11/h6-7,11,17H,4-5,16H2,1-3H3. The minimum Gasteiger partial charge on any atom is -0.393 e. The van der Waals surface area contributed by atoms with Gasteiger partial charge >= 0.3 is 0 Å². The third-order valence-corrected chi connectivity index (χ3v) is 3.80. The molecule has 0 radical (unpaired) electrons. The first kappa shape index (κ1) is 12.1. The predicted molar refractivity (Wildman–Crippen MR) is 77.0 cm³/mol. The number of hydrogen-bond donors (Lipinski definition) is 2. The van der Waals surface area contributed by atoms with E-state index in [9.17, 15) is 4.79 Å². The SMILES string of the molecule is Cc1cc(C)c(-n2[nH]c(C3CC3)c(N)c2=O)c(C)c1. The second-order valence-corrected chi connectivity index (χ2v) is 5.60. The Hall–Kier alpha value is -1.97. The van der Waals surface area contributed by atoms with Gasteiger partial charge < -0.3 is 5.73 Å². The molecule has 100 valence electrons. The van der Waals surface area contributed by atoms with Gasteiger partial charge in [0.15, 0.2) is 0 Å². The smallest absolute Gasteiger partial charge is 0.294 e. The summed E-state index contributed by atoms with van der Waals surface area (Å²) in [4.78, 5) is 12.3. The normalized spacial score (nSPS) is 14.9. The molecule has 0 saturated heterocycles. The lowest BCUT2D eigenvalue weighted by molar-refractivity contribution is 0.805. The molecule has 4 heteroatoms. The van der Waals surface area contributed by atoms with Gasteiger partial charge in [-0.25, -0.2) is 4.68 Å². The summed E-state index contributed by atoms with van der Waals surface area (Å²) < 4.78 is 1.60. The van der Waals surface area contributed by atoms with E-state index in [4.69, 9.17) is 5.73 Å². The van der Waals surface area contributed by atoms with E-state index >= 15 is 0 Å². The maximum absolute atomic E-state index is 12.3. The van der Waals surface area contributed by atoms with Crippen LogP contribution < -0.4 is 11.3 Å². The quantitative estimate of drug-likeness (QED) is 0.868. The van der Waals surface area contributed by atoms with Crippen molar-refractivity contribution in [3.05, 3.63) is 44.9 Å². The van der Waals surface area contributed by atoms with E-state index in [2.05, 4.69) is 24.2 Å². The Labute approximate surface area is 112 Å². The molecule has 19 heavy (non-hydrogen) atoms. The number of nitrogens with zero attached hydrogens (tertiary/aromatic N) is 1. The second kappa shape index (κ2) is 4.02. The summed E-state index contributed by atoms with van der Waals surface area (Å²) in [6, 6.07) is 4.17. The summed E-state index contributed by atoms with van der Waals surface area (Å²) in [5, 5.41) is 3.21. The summed E-state index contributed by atoms with van der Waals surface area (Å²) in [5.41, 5.74) is 11.4. The molecule has 1 fully saturated rings. The van der Waals surface area contributed by atoms with Crippen molar-refractivity contribution >= 4 is 5.69 Å². The highest BCUT2D eigenvalue weighted by Crippen LogP contribution is 2.41. The maximum atomic E-state index is 12.3. The lowest BCUT2D eigenvalue weighted by Gasteiger charge is -2.11. The number of benzene rings is 1. The Morgan fingerprint density at radius 3 is 2.32 bits per heavy atom. The zero-order valence-corrected chi connectivity index (χ0v) is 11.6. The number of nitrogens with two attached hydrogens (primary N) is 1. The Morgan fingerprint density at radius 1 is 1.21 bits per heavy atom. The van der Waals surface area contributed by atoms with Crippen LogP contribution in [-0.4, -0.2) is 9.78 Å². The first-order valence-corrected chi connectivity index (χ1v) is 6.67. The monoisotopic (exact) mass is 257 g/mol. The minimum absolute atomic E-state index is 0.128. The van der Waals surface area contributed by atoms with Crippen molar-refractivity contribution in [3.63, 3.8) is 0 Å². The van der Waals surface area contributed by atoms with Gasteiger partial charge in [0.1, 0.15) is 5.69 Å². The number of hydrogen-bond acceptors (Lipinski definition) is 2. The van der Waals surface area contributed by atoms with E-state index in [1.165, 1.54) is 5.56 Å². The summed E-state index contributed by atoms with van der Waals surface area (Å²) >= 11 is 0. The lowest BCUT2D eigenvalue weighted by Crippen LogP contribution is -2.18. The van der Waals surface area contributed by atoms with Crippen molar-refractivity contribution in [1.82, 2.24) is 9.78 Å². The molecule has 0 aliphatic heterocycles. The molecule has 2 aromatic rings. The van der Waals surface area contributed by atoms with Crippen LogP contribution in [0.25, 0.3) is 5.69 Å². The number of aryl methyl sites for hydroxylation is 3. The average Bonchev–Trinajstić information content (AvgIpc) is 3.10. The van der Waals surface area contributed by atoms with E-state index in [-0.39, 0.29) is 5.56 Å². The van der Waals surface area contributed by atoms with Crippen molar-refractivity contribution in [3.8, 4) is 5.69 Å². The van der Waals surface area contributed by atoms with E-state index in [1.54, 1.807) is 4.68 Å². The van der Waals surface area contributed by atoms with E-state index in [0.717, 1.165) is 35.3 Å². The molecule has 0 bridgehead atoms. The highest BCUT2D eigenvalue weighted by atomic mass is 16.1. The summed E-state index contributed by atoms with van der Waals surface area (Å²) in [6.45, 7) is 6.11. The molecule has 4 nitrogen and oxygen atoms in total. The number of nitrogens with one attached hydrogen (secondary N) is 1. The minimum atomic E-state index is -0.128. The molecule has 1 saturated carbocycles. The van der Waals surface area contributed by atoms with Crippen molar-refractivity contribution in [1.29, 1.82) is 0 Å². The van der Waals surface area contributed by atoms with Gasteiger partial charge in [0.05, 0.1) is 11.4 Å². The van der Waals surface area contributed by atoms with Crippen LogP contribution in [0.15, 0.2) is 16.9 Å². The first-order valence-electron chi connectivity index (χ1n) is 6.67. The van der Waals surface area contributed by atoms with Gasteiger partial charge in [-0.15, -0.1) is 0 Å². The molecule has 1 aliphatic carbocycles. The molecule has 0 amide bonds. The molecule has 0 unspecified atom stereocenters. The molecule has 0 spiro atoms. The van der Waals surface area contributed by atoms with Crippen LogP contribution >= 0.6 is 0 Å². The molecule has 0 atom stereocenters. The molecular formula is C15H19N3O. The average molecular weight is 257 g/mol. The van der Waals surface area contributed by atoms with Gasteiger partial charge in [-0.3, -0.25) is 9.89 Å². The van der Waals surface area contributed by atoms with Crippen LogP contribution in [0.4, 0.5) is 5.69 Å². The van der Waals surface area contributed by atoms with Crippen LogP contribution in [0.3, 0.4) is 0 Å². The largest absolute Gasteiger partial charge is 0.393 e. The Morgan fingerprint density at radius 2 is 1.79 bits per heavy atom. The van der Waals surface area contributed by atoms with E-state index in [1.807, 2.05) is 13.8 Å². The highest BCUT2D eigenvalue weighted by molar-refractivity contribution is 5.53. The Bertz CT molecular complexity index is 682. The number of nitrogen functional groups attached to an aromatic ring is 1. The maximum Gasteiger partial charge on any atom is 0.294 e. The molecule has 1 heterocycles. The zero-order valence-electron chi connectivity index (χ0n) is 11.6. The van der Waals surface area contributed by atoms with Crippen molar-refractivity contribution < 1.29 is 0 Å². The van der Waals surface area contributed by atoms with Crippen molar-refractivity contribution in [2.45, 2.75) is 39.5 Å². The molecule has 3 N–H and O–H groups in total. The van der Waals surface area contributed by atoms with Crippen molar-refractivity contribution in [2.75, 3.05) is 5.73 Å². The zero-order chi connectivity index (χ0) is 13.7. The number of aromatic amines is 1. The summed E-state index contributed by atoms with van der Waals surface area (Å²) in [6.07, 6.45) is 2.24. The van der Waals surface area contributed by atoms with E-state index < -0.39 is 0 Å². The van der Waals surface area contributed by atoms with Crippen LogP contribution in [0.1, 0.15) is 41.1 Å². The van der Waals surface area contributed by atoms with Crippen LogP contribution in [0.2, 0.25) is 0 Å². The van der Waals surface area contributed by atoms with E-state index in [0.29, 0.717) is 11.6 Å². The second-order valence-electron chi connectivity index (χ2n) is 5.60. The molecule has 3 rings (SSSR count). The fourth-order valence-electron chi connectivity index (χ4n) is 2.83. The third kappa shape index (κ3) is 1.87. The van der Waals surface area contributed by atoms with Crippen LogP contribution in [0.5, 0.6) is 0 Å². The van der Waals surface area contributed by atoms with Crippen LogP contribution in [0, 0.1) is 20.8 Å². The summed E-state index contributed by atoms with van der Waals surface area (Å²) in [7, 11) is 0. The topological polar surface area (TPSA) is 63.8 Å². The van der Waals surface area contributed by atoms with Gasteiger partial charge in [-0.1, -0.05) is 17.7 Å². The molecule has 1 aromatic heterocycles. The third-order valence-electron chi connectivity index (χ3n) is 3.80. The van der Waals surface area contributed by atoms with Gasteiger partial charge in [0, 0.05) is 5.92 Å². The number of anilines is 1. The van der Waals surface area contributed by atoms with Crippen LogP contribution in [-0.2, 0) is 0 Å². The first-order chi connectivity index (χ1) is 8.99. The molecule has 1 aliphatic rings. The number of H-pyrrole nitrogens is 1. The summed E-state index contributed by atoms with van der Waals surface area (Å²) in [5.74, 6) is 0.444. The van der Waals surface area contributed by atoms with Gasteiger partial charge in [-0.2, -0.15) is 0 Å². The highest BCUT2D eigenvalue weighted by Gasteiger charge is 2.29. The van der Waals surface area contributed by atoms with Crippen molar-refractivity contribution in [2.24, 2.45) is 0 Å². The van der Waals surface area contributed by atoms with Gasteiger partial charge in [-0.05, 0) is 44.7 Å². The number of rotatable bonds is 2.